The summed E-state index contributed by atoms with van der Waals surface area (Å²) in [6.07, 6.45) is 4.90. The lowest BCUT2D eigenvalue weighted by Gasteiger charge is -2.40. The second-order valence-electron chi connectivity index (χ2n) is 11.6. The van der Waals surface area contributed by atoms with Gasteiger partial charge in [0.25, 0.3) is 11.8 Å². The van der Waals surface area contributed by atoms with Crippen LogP contribution in [0.4, 0.5) is 33.9 Å². The van der Waals surface area contributed by atoms with E-state index in [4.69, 9.17) is 9.84 Å². The predicted octanol–water partition coefficient (Wildman–Crippen LogP) is 4.50. The van der Waals surface area contributed by atoms with Gasteiger partial charge in [-0.2, -0.15) is 10.2 Å². The summed E-state index contributed by atoms with van der Waals surface area (Å²) in [5.74, 6) is -5.80. The summed E-state index contributed by atoms with van der Waals surface area (Å²) >= 11 is 0. The van der Waals surface area contributed by atoms with Crippen LogP contribution in [0.3, 0.4) is 0 Å². The quantitative estimate of drug-likeness (QED) is 0.429. The minimum Gasteiger partial charge on any atom is -0.378 e. The lowest BCUT2D eigenvalue weighted by atomic mass is 9.81. The Kier molecular flexibility index (Phi) is 5.61. The molecule has 3 aromatic rings. The highest BCUT2D eigenvalue weighted by Gasteiger charge is 2.57. The first-order valence-electron chi connectivity index (χ1n) is 13.6. The van der Waals surface area contributed by atoms with Crippen molar-refractivity contribution in [2.75, 3.05) is 37.0 Å². The van der Waals surface area contributed by atoms with E-state index in [1.807, 2.05) is 4.90 Å². The molecule has 1 atom stereocenters. The molecule has 0 bridgehead atoms. The molecule has 0 radical (unpaired) electrons. The van der Waals surface area contributed by atoms with E-state index < -0.39 is 35.9 Å². The lowest BCUT2D eigenvalue weighted by Crippen LogP contribution is -2.54. The second kappa shape index (κ2) is 8.79. The minimum atomic E-state index is -2.93. The van der Waals surface area contributed by atoms with E-state index in [0.717, 1.165) is 5.39 Å². The maximum atomic E-state index is 14.2. The molecule has 4 aliphatic rings. The molecule has 2 N–H and O–H groups in total. The lowest BCUT2D eigenvalue weighted by molar-refractivity contribution is -0.137. The minimum absolute atomic E-state index is 0.0618. The Balaban J connectivity index is 1.19. The molecule has 214 valence electrons. The number of aromatic amines is 1. The highest BCUT2D eigenvalue weighted by Crippen LogP contribution is 2.51. The van der Waals surface area contributed by atoms with Crippen LogP contribution in [0.2, 0.25) is 0 Å². The molecule has 10 nitrogen and oxygen atoms in total. The van der Waals surface area contributed by atoms with Gasteiger partial charge >= 0.3 is 6.03 Å². The molecular formula is C26H30F4N8O2. The third-order valence-corrected chi connectivity index (χ3v) is 9.04. The van der Waals surface area contributed by atoms with Gasteiger partial charge in [-0.15, -0.1) is 0 Å². The summed E-state index contributed by atoms with van der Waals surface area (Å²) in [4.78, 5) is 21.0. The fraction of sp³-hybridized carbons (Fsp3) is 0.615. The molecule has 2 aliphatic carbocycles. The maximum Gasteiger partial charge on any atom is 0.322 e. The first kappa shape index (κ1) is 25.5. The summed E-state index contributed by atoms with van der Waals surface area (Å²) in [6, 6.07) is 1.13. The number of hydrogen-bond donors (Lipinski definition) is 2. The smallest absolute Gasteiger partial charge is 0.322 e. The van der Waals surface area contributed by atoms with Gasteiger partial charge in [0.15, 0.2) is 5.82 Å². The predicted molar refractivity (Wildman–Crippen MR) is 138 cm³/mol. The summed E-state index contributed by atoms with van der Waals surface area (Å²) in [5, 5.41) is 15.1. The second-order valence-corrected chi connectivity index (χ2v) is 11.6. The highest BCUT2D eigenvalue weighted by atomic mass is 19.3. The summed E-state index contributed by atoms with van der Waals surface area (Å²) in [5.41, 5.74) is 1.22. The van der Waals surface area contributed by atoms with Crippen molar-refractivity contribution in [2.24, 2.45) is 5.92 Å². The van der Waals surface area contributed by atoms with Crippen LogP contribution in [0.15, 0.2) is 18.5 Å². The van der Waals surface area contributed by atoms with E-state index in [0.29, 0.717) is 60.8 Å². The SMILES string of the molecule is COC1CN(c2nn(CC3CCC3(F)F)c3cc(-c4[nH]ncc4NC(=O)N4CC(F)(F)CCC45CC5)ncc23)C1. The maximum absolute atomic E-state index is 14.2. The number of methoxy groups -OCH3 is 1. The van der Waals surface area contributed by atoms with Gasteiger partial charge in [-0.25, -0.2) is 22.4 Å². The number of urea groups is 1. The zero-order valence-electron chi connectivity index (χ0n) is 22.0. The molecule has 1 spiro atoms. The topological polar surface area (TPSA) is 104 Å². The van der Waals surface area contributed by atoms with E-state index in [2.05, 4.69) is 20.5 Å². The molecule has 2 amide bonds. The molecule has 4 fully saturated rings. The Morgan fingerprint density at radius 3 is 2.60 bits per heavy atom. The van der Waals surface area contributed by atoms with Gasteiger partial charge in [0.05, 0.1) is 47.7 Å². The molecule has 1 unspecified atom stereocenters. The molecule has 14 heteroatoms. The molecule has 7 rings (SSSR count). The number of H-pyrrole nitrogens is 1. The Morgan fingerprint density at radius 2 is 1.93 bits per heavy atom. The Labute approximate surface area is 227 Å². The number of piperidine rings is 1. The third kappa shape index (κ3) is 4.18. The molecule has 2 aliphatic heterocycles. The largest absolute Gasteiger partial charge is 0.378 e. The average molecular weight is 563 g/mol. The van der Waals surface area contributed by atoms with Crippen molar-refractivity contribution in [1.82, 2.24) is 29.9 Å². The summed E-state index contributed by atoms with van der Waals surface area (Å²) in [6.45, 7) is 0.714. The molecule has 2 saturated heterocycles. The standard InChI is InChI=1S/C26H30F4N8O2/c1-40-16-12-36(13-16)22-17-9-31-18(8-20(17)38(35-22)11-15-2-3-26(15,29)30)21-19(10-32-34-21)33-23(39)37-14-25(27,28)7-6-24(37)4-5-24/h8-10,15-16H,2-7,11-14H2,1H3,(H,32,34)(H,33,39). The van der Waals surface area contributed by atoms with Gasteiger partial charge in [-0.3, -0.25) is 14.8 Å². The Bertz CT molecular complexity index is 1460. The number of carbonyl (C=O) groups is 1. The molecule has 0 aromatic carbocycles. The zero-order chi connectivity index (χ0) is 27.9. The number of nitrogens with one attached hydrogen (secondary N) is 2. The van der Waals surface area contributed by atoms with E-state index in [9.17, 15) is 22.4 Å². The van der Waals surface area contributed by atoms with Crippen molar-refractivity contribution in [3.8, 4) is 11.4 Å². The van der Waals surface area contributed by atoms with Crippen LogP contribution in [0.25, 0.3) is 22.3 Å². The Hall–Kier alpha value is -3.42. The van der Waals surface area contributed by atoms with Crippen molar-refractivity contribution in [2.45, 2.75) is 68.6 Å². The van der Waals surface area contributed by atoms with Crippen LogP contribution < -0.4 is 10.2 Å². The first-order chi connectivity index (χ1) is 19.1. The molecule has 3 aromatic heterocycles. The number of halogens is 4. The van der Waals surface area contributed by atoms with Crippen LogP contribution >= 0.6 is 0 Å². The summed E-state index contributed by atoms with van der Waals surface area (Å²) < 4.78 is 63.7. The van der Waals surface area contributed by atoms with Gasteiger partial charge in [-0.05, 0) is 31.7 Å². The number of amides is 2. The number of carbonyl (C=O) groups excluding carboxylic acids is 1. The van der Waals surface area contributed by atoms with E-state index >= 15 is 0 Å². The van der Waals surface area contributed by atoms with E-state index in [1.54, 1.807) is 24.1 Å². The van der Waals surface area contributed by atoms with Crippen LogP contribution in [0, 0.1) is 5.92 Å². The van der Waals surface area contributed by atoms with Crippen molar-refractivity contribution < 1.29 is 27.1 Å². The number of anilines is 2. The van der Waals surface area contributed by atoms with Gasteiger partial charge in [-0.1, -0.05) is 0 Å². The number of nitrogens with zero attached hydrogens (tertiary/aromatic N) is 6. The first-order valence-corrected chi connectivity index (χ1v) is 13.6. The van der Waals surface area contributed by atoms with E-state index in [1.165, 1.54) is 11.1 Å². The Morgan fingerprint density at radius 1 is 1.15 bits per heavy atom. The van der Waals surface area contributed by atoms with Crippen molar-refractivity contribution in [1.29, 1.82) is 0 Å². The van der Waals surface area contributed by atoms with Crippen molar-refractivity contribution >= 4 is 28.4 Å². The van der Waals surface area contributed by atoms with Crippen LogP contribution in [-0.2, 0) is 11.3 Å². The monoisotopic (exact) mass is 562 g/mol. The zero-order valence-corrected chi connectivity index (χ0v) is 22.0. The van der Waals surface area contributed by atoms with Gasteiger partial charge in [0.1, 0.15) is 5.69 Å². The van der Waals surface area contributed by atoms with Crippen LogP contribution in [0.1, 0.15) is 38.5 Å². The summed E-state index contributed by atoms with van der Waals surface area (Å²) in [7, 11) is 1.65. The average Bonchev–Trinajstić information content (AvgIpc) is 3.38. The number of rotatable bonds is 6. The van der Waals surface area contributed by atoms with Gasteiger partial charge < -0.3 is 19.9 Å². The number of hydrogen-bond acceptors (Lipinski definition) is 6. The van der Waals surface area contributed by atoms with Crippen molar-refractivity contribution in [3.05, 3.63) is 18.5 Å². The van der Waals surface area contributed by atoms with Crippen LogP contribution in [-0.4, -0.2) is 86.1 Å². The third-order valence-electron chi connectivity index (χ3n) is 9.04. The number of aromatic nitrogens is 5. The number of alkyl halides is 4. The number of pyridine rings is 1. The highest BCUT2D eigenvalue weighted by molar-refractivity contribution is 5.96. The molecule has 5 heterocycles. The van der Waals surface area contributed by atoms with Gasteiger partial charge in [0, 0.05) is 50.7 Å². The van der Waals surface area contributed by atoms with Crippen LogP contribution in [0.5, 0.6) is 0 Å². The fourth-order valence-corrected chi connectivity index (χ4v) is 6.06. The normalized spacial score (nSPS) is 24.7. The fourth-order valence-electron chi connectivity index (χ4n) is 6.06. The van der Waals surface area contributed by atoms with Gasteiger partial charge in [0.2, 0.25) is 0 Å². The molecule has 40 heavy (non-hydrogen) atoms. The number of likely N-dealkylation sites (tertiary alicyclic amines) is 1. The molecule has 2 saturated carbocycles. The molecular weight excluding hydrogens is 532 g/mol. The van der Waals surface area contributed by atoms with Crippen molar-refractivity contribution in [3.63, 3.8) is 0 Å². The number of fused-ring (bicyclic) bond motifs is 1. The number of ether oxygens (including phenoxy) is 1. The van der Waals surface area contributed by atoms with E-state index in [-0.39, 0.29) is 31.9 Å².